The van der Waals surface area contributed by atoms with Crippen molar-refractivity contribution in [2.45, 2.75) is 25.3 Å². The summed E-state index contributed by atoms with van der Waals surface area (Å²) < 4.78 is 3.05. The van der Waals surface area contributed by atoms with Gasteiger partial charge in [-0.15, -0.1) is 0 Å². The molecule has 7 rings (SSSR count). The molecule has 0 radical (unpaired) electrons. The fourth-order valence-electron chi connectivity index (χ4n) is 5.73. The monoisotopic (exact) mass is 514 g/mol. The fraction of sp³-hybridized carbons (Fsp3) is 0.280. The second kappa shape index (κ2) is 7.35. The first-order chi connectivity index (χ1) is 16.6. The molecule has 170 valence electrons. The van der Waals surface area contributed by atoms with Gasteiger partial charge in [-0.2, -0.15) is 5.10 Å². The number of aromatic nitrogens is 6. The van der Waals surface area contributed by atoms with Crippen molar-refractivity contribution >= 4 is 43.9 Å². The quantitative estimate of drug-likeness (QED) is 0.364. The molecule has 1 fully saturated rings. The van der Waals surface area contributed by atoms with Gasteiger partial charge in [0.15, 0.2) is 17.0 Å². The minimum absolute atomic E-state index is 0.0795. The van der Waals surface area contributed by atoms with Gasteiger partial charge in [0.05, 0.1) is 17.2 Å². The molecule has 2 aromatic carbocycles. The number of rotatable bonds is 2. The van der Waals surface area contributed by atoms with Crippen LogP contribution >= 0.6 is 15.9 Å². The van der Waals surface area contributed by atoms with Crippen LogP contribution in [0.25, 0.3) is 28.0 Å². The summed E-state index contributed by atoms with van der Waals surface area (Å²) in [6, 6.07) is 14.6. The number of imidazole rings is 1. The minimum atomic E-state index is 0.0795. The zero-order chi connectivity index (χ0) is 22.9. The smallest absolute Gasteiger partial charge is 0.188 e. The van der Waals surface area contributed by atoms with Gasteiger partial charge < -0.3 is 10.6 Å². The largest absolute Gasteiger partial charge is 0.355 e. The van der Waals surface area contributed by atoms with Gasteiger partial charge in [0, 0.05) is 23.6 Å². The van der Waals surface area contributed by atoms with Crippen LogP contribution in [0.5, 0.6) is 0 Å². The molecule has 0 unspecified atom stereocenters. The molecule has 34 heavy (non-hydrogen) atoms. The lowest BCUT2D eigenvalue weighted by atomic mass is 9.73. The van der Waals surface area contributed by atoms with Gasteiger partial charge in [0.1, 0.15) is 12.1 Å². The van der Waals surface area contributed by atoms with Crippen LogP contribution in [0.3, 0.4) is 0 Å². The van der Waals surface area contributed by atoms with Gasteiger partial charge in [-0.3, -0.25) is 9.67 Å². The Balaban J connectivity index is 1.15. The van der Waals surface area contributed by atoms with Crippen LogP contribution in [-0.2, 0) is 6.42 Å². The highest BCUT2D eigenvalue weighted by Crippen LogP contribution is 2.51. The van der Waals surface area contributed by atoms with Gasteiger partial charge in [-0.05, 0) is 60.1 Å². The molecule has 0 bridgehead atoms. The van der Waals surface area contributed by atoms with Crippen LogP contribution in [0.4, 0.5) is 5.82 Å². The van der Waals surface area contributed by atoms with Crippen LogP contribution in [-0.4, -0.2) is 42.8 Å². The summed E-state index contributed by atoms with van der Waals surface area (Å²) >= 11 is 3.60. The van der Waals surface area contributed by atoms with Crippen molar-refractivity contribution in [3.63, 3.8) is 0 Å². The van der Waals surface area contributed by atoms with E-state index in [0.29, 0.717) is 11.5 Å². The summed E-state index contributed by atoms with van der Waals surface area (Å²) in [5.41, 5.74) is 12.9. The number of hydrogen-bond acceptors (Lipinski definition) is 6. The molecule has 0 saturated carbocycles. The van der Waals surface area contributed by atoms with Gasteiger partial charge in [-0.25, -0.2) is 15.0 Å². The predicted molar refractivity (Wildman–Crippen MR) is 135 cm³/mol. The number of anilines is 1. The Morgan fingerprint density at radius 1 is 1.09 bits per heavy atom. The fourth-order valence-corrected chi connectivity index (χ4v) is 6.11. The number of piperidine rings is 1. The molecular formula is C25H23BrN8. The SMILES string of the molecule is N[C@@H]1c2cc(Br)ccc2CC12CCN(c1cnc3c(-n4cnc5ccccc54)n[nH]c3n1)CC2. The molecule has 2 aliphatic rings. The highest BCUT2D eigenvalue weighted by atomic mass is 79.9. The molecule has 1 atom stereocenters. The van der Waals surface area contributed by atoms with Crippen LogP contribution in [0.15, 0.2) is 59.5 Å². The van der Waals surface area contributed by atoms with Crippen molar-refractivity contribution in [2.75, 3.05) is 18.0 Å². The van der Waals surface area contributed by atoms with E-state index >= 15 is 0 Å². The number of nitrogens with two attached hydrogens (primary N) is 1. The summed E-state index contributed by atoms with van der Waals surface area (Å²) in [5.74, 6) is 1.58. The van der Waals surface area contributed by atoms with E-state index in [0.717, 1.165) is 59.2 Å². The second-order valence-corrected chi connectivity index (χ2v) is 10.3. The first kappa shape index (κ1) is 20.1. The predicted octanol–water partition coefficient (Wildman–Crippen LogP) is 4.30. The van der Waals surface area contributed by atoms with Crippen LogP contribution in [0, 0.1) is 5.41 Å². The first-order valence-electron chi connectivity index (χ1n) is 11.5. The van der Waals surface area contributed by atoms with Gasteiger partial charge in [0.2, 0.25) is 0 Å². The molecule has 4 heterocycles. The molecule has 0 amide bonds. The molecule has 3 aromatic heterocycles. The van der Waals surface area contributed by atoms with Crippen molar-refractivity contribution in [3.8, 4) is 5.82 Å². The molecule has 8 nitrogen and oxygen atoms in total. The third-order valence-corrected chi connectivity index (χ3v) is 8.14. The Morgan fingerprint density at radius 2 is 1.94 bits per heavy atom. The average Bonchev–Trinajstić information content (AvgIpc) is 3.54. The Labute approximate surface area is 204 Å². The van der Waals surface area contributed by atoms with Gasteiger partial charge in [0.25, 0.3) is 0 Å². The Morgan fingerprint density at radius 3 is 2.82 bits per heavy atom. The minimum Gasteiger partial charge on any atom is -0.355 e. The van der Waals surface area contributed by atoms with E-state index in [9.17, 15) is 0 Å². The molecule has 3 N–H and O–H groups in total. The number of benzene rings is 2. The first-order valence-corrected chi connectivity index (χ1v) is 12.3. The lowest BCUT2D eigenvalue weighted by molar-refractivity contribution is 0.187. The summed E-state index contributed by atoms with van der Waals surface area (Å²) in [6.45, 7) is 1.83. The third kappa shape index (κ3) is 2.93. The van der Waals surface area contributed by atoms with E-state index < -0.39 is 0 Å². The van der Waals surface area contributed by atoms with E-state index in [1.165, 1.54) is 11.1 Å². The Bertz CT molecular complexity index is 1550. The van der Waals surface area contributed by atoms with Crippen molar-refractivity contribution in [1.82, 2.24) is 29.7 Å². The van der Waals surface area contributed by atoms with Crippen molar-refractivity contribution in [3.05, 3.63) is 70.6 Å². The zero-order valence-corrected chi connectivity index (χ0v) is 20.0. The number of para-hydroxylation sites is 2. The Hall–Kier alpha value is -3.30. The standard InChI is InChI=1S/C25H23BrN8/c26-16-6-5-15-12-25(22(27)17(15)11-16)7-9-33(10-8-25)20-13-28-21-23(30-20)31-32-24(21)34-14-29-18-3-1-2-4-19(18)34/h1-6,11,13-14,22H,7-10,12,27H2,(H,30,31,32)/t22-/m1/s1. The number of H-pyrrole nitrogens is 1. The van der Waals surface area contributed by atoms with E-state index in [-0.39, 0.29) is 11.5 Å². The van der Waals surface area contributed by atoms with E-state index in [2.05, 4.69) is 54.2 Å². The van der Waals surface area contributed by atoms with Crippen molar-refractivity contribution < 1.29 is 0 Å². The lowest BCUT2D eigenvalue weighted by Gasteiger charge is -2.42. The molecule has 1 aliphatic heterocycles. The number of fused-ring (bicyclic) bond motifs is 3. The number of halogens is 1. The van der Waals surface area contributed by atoms with E-state index in [1.807, 2.05) is 35.0 Å². The third-order valence-electron chi connectivity index (χ3n) is 7.65. The number of nitrogens with zero attached hydrogens (tertiary/aromatic N) is 6. The number of nitrogens with one attached hydrogen (secondary N) is 1. The van der Waals surface area contributed by atoms with Crippen LogP contribution in [0.1, 0.15) is 30.0 Å². The molecule has 1 aliphatic carbocycles. The molecule has 1 spiro atoms. The van der Waals surface area contributed by atoms with E-state index in [1.54, 1.807) is 6.33 Å². The summed E-state index contributed by atoms with van der Waals surface area (Å²) in [4.78, 5) is 16.4. The molecule has 5 aromatic rings. The van der Waals surface area contributed by atoms with Crippen LogP contribution < -0.4 is 10.6 Å². The zero-order valence-electron chi connectivity index (χ0n) is 18.4. The maximum atomic E-state index is 6.78. The summed E-state index contributed by atoms with van der Waals surface area (Å²) in [7, 11) is 0. The normalized spacial score (nSPS) is 19.4. The lowest BCUT2D eigenvalue weighted by Crippen LogP contribution is -2.44. The van der Waals surface area contributed by atoms with Crippen molar-refractivity contribution in [1.29, 1.82) is 0 Å². The molecule has 1 saturated heterocycles. The average molecular weight is 515 g/mol. The highest BCUT2D eigenvalue weighted by molar-refractivity contribution is 9.10. The molecular weight excluding hydrogens is 492 g/mol. The van der Waals surface area contributed by atoms with Crippen LogP contribution in [0.2, 0.25) is 0 Å². The maximum absolute atomic E-state index is 6.78. The number of hydrogen-bond donors (Lipinski definition) is 2. The topological polar surface area (TPSA) is 102 Å². The Kier molecular flexibility index (Phi) is 4.35. The van der Waals surface area contributed by atoms with Gasteiger partial charge in [-0.1, -0.05) is 34.1 Å². The second-order valence-electron chi connectivity index (χ2n) is 9.42. The molecule has 9 heteroatoms. The van der Waals surface area contributed by atoms with Crippen molar-refractivity contribution in [2.24, 2.45) is 11.1 Å². The van der Waals surface area contributed by atoms with E-state index in [4.69, 9.17) is 15.7 Å². The summed E-state index contributed by atoms with van der Waals surface area (Å²) in [5, 5.41) is 7.58. The van der Waals surface area contributed by atoms with Gasteiger partial charge >= 0.3 is 0 Å². The maximum Gasteiger partial charge on any atom is 0.188 e. The summed E-state index contributed by atoms with van der Waals surface area (Å²) in [6.07, 6.45) is 6.77. The highest BCUT2D eigenvalue weighted by Gasteiger charge is 2.46. The number of aromatic amines is 1.